The first-order valence-electron chi connectivity index (χ1n) is 6.18. The van der Waals surface area contributed by atoms with E-state index in [1.54, 1.807) is 0 Å². The van der Waals surface area contributed by atoms with Gasteiger partial charge < -0.3 is 10.6 Å². The molecule has 0 aliphatic heterocycles. The fourth-order valence-electron chi connectivity index (χ4n) is 2.26. The highest BCUT2D eigenvalue weighted by atomic mass is 14.9. The second-order valence-corrected chi connectivity index (χ2v) is 4.77. The third-order valence-electron chi connectivity index (χ3n) is 3.42. The van der Waals surface area contributed by atoms with E-state index in [4.69, 9.17) is 0 Å². The van der Waals surface area contributed by atoms with Gasteiger partial charge in [-0.3, -0.25) is 0 Å². The average molecular weight is 198 g/mol. The Morgan fingerprint density at radius 2 is 1.71 bits per heavy atom. The molecule has 0 aromatic rings. The summed E-state index contributed by atoms with van der Waals surface area (Å²) in [6.07, 6.45) is 7.24. The van der Waals surface area contributed by atoms with E-state index < -0.39 is 0 Å². The number of hydrogen-bond acceptors (Lipinski definition) is 2. The molecule has 0 amide bonds. The maximum absolute atomic E-state index is 3.48. The lowest BCUT2D eigenvalue weighted by molar-refractivity contribution is 0.275. The molecule has 1 rings (SSSR count). The zero-order valence-electron chi connectivity index (χ0n) is 9.81. The third-order valence-corrected chi connectivity index (χ3v) is 3.42. The van der Waals surface area contributed by atoms with Crippen LogP contribution in [0.25, 0.3) is 0 Å². The Balaban J connectivity index is 1.91. The van der Waals surface area contributed by atoms with Crippen molar-refractivity contribution in [2.75, 3.05) is 26.7 Å². The monoisotopic (exact) mass is 198 g/mol. The average Bonchev–Trinajstić information content (AvgIpc) is 2.21. The molecule has 1 aliphatic rings. The summed E-state index contributed by atoms with van der Waals surface area (Å²) in [4.78, 5) is 0. The van der Waals surface area contributed by atoms with E-state index in [-0.39, 0.29) is 0 Å². The van der Waals surface area contributed by atoms with Crippen molar-refractivity contribution in [2.45, 2.75) is 39.0 Å². The van der Waals surface area contributed by atoms with Gasteiger partial charge in [0.05, 0.1) is 0 Å². The third kappa shape index (κ3) is 4.97. The summed E-state index contributed by atoms with van der Waals surface area (Å²) in [6, 6.07) is 0. The van der Waals surface area contributed by atoms with Crippen LogP contribution in [0.5, 0.6) is 0 Å². The molecule has 0 aromatic carbocycles. The Morgan fingerprint density at radius 3 is 2.36 bits per heavy atom. The zero-order valence-corrected chi connectivity index (χ0v) is 9.81. The first-order chi connectivity index (χ1) is 6.83. The number of rotatable bonds is 6. The zero-order chi connectivity index (χ0) is 10.2. The van der Waals surface area contributed by atoms with E-state index in [9.17, 15) is 0 Å². The second kappa shape index (κ2) is 7.24. The Bertz CT molecular complexity index is 128. The minimum Gasteiger partial charge on any atom is -0.318 e. The van der Waals surface area contributed by atoms with Crippen LogP contribution in [0.3, 0.4) is 0 Å². The van der Waals surface area contributed by atoms with Crippen molar-refractivity contribution in [3.05, 3.63) is 0 Å². The summed E-state index contributed by atoms with van der Waals surface area (Å²) in [5.41, 5.74) is 0. The summed E-state index contributed by atoms with van der Waals surface area (Å²) in [6.45, 7) is 5.80. The molecule has 0 atom stereocenters. The molecule has 0 unspecified atom stereocenters. The minimum atomic E-state index is 0.989. The topological polar surface area (TPSA) is 24.1 Å². The van der Waals surface area contributed by atoms with Crippen LogP contribution in [-0.4, -0.2) is 26.7 Å². The summed E-state index contributed by atoms with van der Waals surface area (Å²) < 4.78 is 0. The van der Waals surface area contributed by atoms with E-state index in [0.29, 0.717) is 0 Å². The predicted molar refractivity (Wildman–Crippen MR) is 62.5 cm³/mol. The Morgan fingerprint density at radius 1 is 1.00 bits per heavy atom. The van der Waals surface area contributed by atoms with Crippen molar-refractivity contribution in [2.24, 2.45) is 11.8 Å². The molecule has 0 radical (unpaired) electrons. The van der Waals surface area contributed by atoms with Gasteiger partial charge in [-0.2, -0.15) is 0 Å². The van der Waals surface area contributed by atoms with Crippen molar-refractivity contribution in [1.29, 1.82) is 0 Å². The van der Waals surface area contributed by atoms with Gasteiger partial charge in [0.15, 0.2) is 0 Å². The van der Waals surface area contributed by atoms with E-state index in [1.807, 2.05) is 7.05 Å². The van der Waals surface area contributed by atoms with Crippen LogP contribution in [0.15, 0.2) is 0 Å². The SMILES string of the molecule is CNCCNCC[C@H]1CC[C@@H](C)CC1. The summed E-state index contributed by atoms with van der Waals surface area (Å²) in [7, 11) is 2.00. The first kappa shape index (κ1) is 12.0. The molecular weight excluding hydrogens is 172 g/mol. The lowest BCUT2D eigenvalue weighted by Gasteiger charge is -2.26. The number of nitrogens with one attached hydrogen (secondary N) is 2. The van der Waals surface area contributed by atoms with Gasteiger partial charge in [0.2, 0.25) is 0 Å². The maximum atomic E-state index is 3.48. The predicted octanol–water partition coefficient (Wildman–Crippen LogP) is 2.01. The van der Waals surface area contributed by atoms with E-state index >= 15 is 0 Å². The van der Waals surface area contributed by atoms with Crippen molar-refractivity contribution in [1.82, 2.24) is 10.6 Å². The van der Waals surface area contributed by atoms with Crippen molar-refractivity contribution >= 4 is 0 Å². The molecule has 1 saturated carbocycles. The van der Waals surface area contributed by atoms with Crippen LogP contribution in [0.2, 0.25) is 0 Å². The van der Waals surface area contributed by atoms with Crippen LogP contribution in [0, 0.1) is 11.8 Å². The molecule has 2 nitrogen and oxygen atoms in total. The van der Waals surface area contributed by atoms with Gasteiger partial charge in [0.25, 0.3) is 0 Å². The summed E-state index contributed by atoms with van der Waals surface area (Å²) in [5, 5.41) is 6.63. The molecular formula is C12H26N2. The molecule has 1 fully saturated rings. The van der Waals surface area contributed by atoms with Crippen molar-refractivity contribution in [3.63, 3.8) is 0 Å². The summed E-state index contributed by atoms with van der Waals surface area (Å²) >= 11 is 0. The Hall–Kier alpha value is -0.0800. The van der Waals surface area contributed by atoms with Crippen LogP contribution in [0.4, 0.5) is 0 Å². The van der Waals surface area contributed by atoms with Gasteiger partial charge in [0.1, 0.15) is 0 Å². The molecule has 14 heavy (non-hydrogen) atoms. The lowest BCUT2D eigenvalue weighted by Crippen LogP contribution is -2.27. The first-order valence-corrected chi connectivity index (χ1v) is 6.18. The highest BCUT2D eigenvalue weighted by Gasteiger charge is 2.17. The Labute approximate surface area is 88.8 Å². The number of likely N-dealkylation sites (N-methyl/N-ethyl adjacent to an activating group) is 1. The fourth-order valence-corrected chi connectivity index (χ4v) is 2.26. The molecule has 0 bridgehead atoms. The minimum absolute atomic E-state index is 0.989. The van der Waals surface area contributed by atoms with E-state index in [1.165, 1.54) is 38.6 Å². The van der Waals surface area contributed by atoms with Gasteiger partial charge in [-0.15, -0.1) is 0 Å². The number of hydrogen-bond donors (Lipinski definition) is 2. The molecule has 2 heteroatoms. The molecule has 0 heterocycles. The highest BCUT2D eigenvalue weighted by Crippen LogP contribution is 2.29. The van der Waals surface area contributed by atoms with Crippen molar-refractivity contribution in [3.8, 4) is 0 Å². The largest absolute Gasteiger partial charge is 0.318 e. The van der Waals surface area contributed by atoms with Crippen molar-refractivity contribution < 1.29 is 0 Å². The molecule has 0 spiro atoms. The molecule has 84 valence electrons. The van der Waals surface area contributed by atoms with Gasteiger partial charge in [0, 0.05) is 13.1 Å². The quantitative estimate of drug-likeness (QED) is 0.638. The van der Waals surface area contributed by atoms with E-state index in [2.05, 4.69) is 17.6 Å². The fraction of sp³-hybridized carbons (Fsp3) is 1.00. The lowest BCUT2D eigenvalue weighted by atomic mass is 9.81. The van der Waals surface area contributed by atoms with Crippen LogP contribution in [-0.2, 0) is 0 Å². The van der Waals surface area contributed by atoms with Crippen LogP contribution < -0.4 is 10.6 Å². The standard InChI is InChI=1S/C12H26N2/c1-11-3-5-12(6-4-11)7-8-14-10-9-13-2/h11-14H,3-10H2,1-2H3/t11-,12+. The second-order valence-electron chi connectivity index (χ2n) is 4.77. The van der Waals surface area contributed by atoms with E-state index in [0.717, 1.165) is 24.9 Å². The van der Waals surface area contributed by atoms with Gasteiger partial charge in [-0.05, 0) is 31.8 Å². The smallest absolute Gasteiger partial charge is 0.00766 e. The Kier molecular flexibility index (Phi) is 6.20. The van der Waals surface area contributed by atoms with Gasteiger partial charge in [-0.25, -0.2) is 0 Å². The maximum Gasteiger partial charge on any atom is 0.00766 e. The van der Waals surface area contributed by atoms with Crippen LogP contribution in [0.1, 0.15) is 39.0 Å². The van der Waals surface area contributed by atoms with Gasteiger partial charge >= 0.3 is 0 Å². The molecule has 0 saturated heterocycles. The van der Waals surface area contributed by atoms with Crippen LogP contribution >= 0.6 is 0 Å². The highest BCUT2D eigenvalue weighted by molar-refractivity contribution is 4.70. The molecule has 1 aliphatic carbocycles. The molecule has 2 N–H and O–H groups in total. The summed E-state index contributed by atoms with van der Waals surface area (Å²) in [5.74, 6) is 2.00. The molecule has 0 aromatic heterocycles. The normalized spacial score (nSPS) is 27.9. The van der Waals surface area contributed by atoms with Gasteiger partial charge in [-0.1, -0.05) is 32.6 Å².